The van der Waals surface area contributed by atoms with Gasteiger partial charge in [-0.25, -0.2) is 13.4 Å². The van der Waals surface area contributed by atoms with E-state index in [1.54, 1.807) is 42.9 Å². The third kappa shape index (κ3) is 4.87. The standard InChI is InChI=1S/C26H26N4O3S/c1-20-9-8-14-24(21(20)2)30(34(32,33)23-11-4-3-5-12-23)18-26(31)28-17-22-10-6-7-13-25(22)29-16-15-27-19-29/h3-16,19H,17-18H2,1-2H3,(H,28,31). The van der Waals surface area contributed by atoms with Gasteiger partial charge in [0.15, 0.2) is 0 Å². The molecule has 7 nitrogen and oxygen atoms in total. The summed E-state index contributed by atoms with van der Waals surface area (Å²) in [5, 5.41) is 2.88. The predicted octanol–water partition coefficient (Wildman–Crippen LogP) is 4.00. The Bertz CT molecular complexity index is 1380. The molecule has 0 fully saturated rings. The van der Waals surface area contributed by atoms with Gasteiger partial charge < -0.3 is 9.88 Å². The largest absolute Gasteiger partial charge is 0.350 e. The van der Waals surface area contributed by atoms with Gasteiger partial charge in [-0.15, -0.1) is 0 Å². The fourth-order valence-electron chi connectivity index (χ4n) is 3.72. The number of anilines is 1. The summed E-state index contributed by atoms with van der Waals surface area (Å²) in [6.45, 7) is 3.69. The summed E-state index contributed by atoms with van der Waals surface area (Å²) < 4.78 is 30.1. The molecule has 0 saturated carbocycles. The number of benzene rings is 3. The van der Waals surface area contributed by atoms with Crippen molar-refractivity contribution in [1.82, 2.24) is 14.9 Å². The number of aryl methyl sites for hydroxylation is 1. The quantitative estimate of drug-likeness (QED) is 0.418. The fraction of sp³-hybridized carbons (Fsp3) is 0.154. The molecule has 0 spiro atoms. The van der Waals surface area contributed by atoms with Crippen LogP contribution in [-0.4, -0.2) is 30.4 Å². The van der Waals surface area contributed by atoms with Crippen LogP contribution in [-0.2, 0) is 21.4 Å². The van der Waals surface area contributed by atoms with Crippen molar-refractivity contribution in [3.63, 3.8) is 0 Å². The first-order chi connectivity index (χ1) is 16.4. The third-order valence-corrected chi connectivity index (χ3v) is 7.49. The van der Waals surface area contributed by atoms with E-state index >= 15 is 0 Å². The maximum atomic E-state index is 13.6. The fourth-order valence-corrected chi connectivity index (χ4v) is 5.22. The Labute approximate surface area is 199 Å². The lowest BCUT2D eigenvalue weighted by atomic mass is 10.1. The summed E-state index contributed by atoms with van der Waals surface area (Å²) in [6.07, 6.45) is 5.20. The van der Waals surface area contributed by atoms with Crippen molar-refractivity contribution in [2.75, 3.05) is 10.8 Å². The average Bonchev–Trinajstić information content (AvgIpc) is 3.39. The molecule has 4 aromatic rings. The molecule has 0 aliphatic rings. The molecule has 0 atom stereocenters. The molecule has 1 heterocycles. The number of hydrogen-bond acceptors (Lipinski definition) is 4. The molecule has 0 saturated heterocycles. The van der Waals surface area contributed by atoms with Crippen LogP contribution >= 0.6 is 0 Å². The van der Waals surface area contributed by atoms with Crippen molar-refractivity contribution in [3.05, 3.63) is 108 Å². The normalized spacial score (nSPS) is 11.2. The molecule has 174 valence electrons. The predicted molar refractivity (Wildman–Crippen MR) is 132 cm³/mol. The number of imidazole rings is 1. The van der Waals surface area contributed by atoms with E-state index < -0.39 is 15.9 Å². The first kappa shape index (κ1) is 23.3. The Kier molecular flexibility index (Phi) is 6.79. The molecule has 0 aliphatic carbocycles. The van der Waals surface area contributed by atoms with Crippen molar-refractivity contribution in [1.29, 1.82) is 0 Å². The maximum Gasteiger partial charge on any atom is 0.264 e. The van der Waals surface area contributed by atoms with Crippen LogP contribution in [0.15, 0.2) is 96.4 Å². The molecule has 4 rings (SSSR count). The van der Waals surface area contributed by atoms with Gasteiger partial charge in [-0.3, -0.25) is 9.10 Å². The van der Waals surface area contributed by atoms with E-state index in [0.717, 1.165) is 22.4 Å². The van der Waals surface area contributed by atoms with Crippen LogP contribution in [0.5, 0.6) is 0 Å². The molecular formula is C26H26N4O3S. The van der Waals surface area contributed by atoms with Crippen LogP contribution < -0.4 is 9.62 Å². The number of amides is 1. The van der Waals surface area contributed by atoms with E-state index in [9.17, 15) is 13.2 Å². The summed E-state index contributed by atoms with van der Waals surface area (Å²) in [6, 6.07) is 21.3. The van der Waals surface area contributed by atoms with E-state index in [1.165, 1.54) is 16.4 Å². The van der Waals surface area contributed by atoms with Gasteiger partial charge >= 0.3 is 0 Å². The topological polar surface area (TPSA) is 84.3 Å². The van der Waals surface area contributed by atoms with Crippen molar-refractivity contribution < 1.29 is 13.2 Å². The number of nitrogens with one attached hydrogen (secondary N) is 1. The summed E-state index contributed by atoms with van der Waals surface area (Å²) in [4.78, 5) is 17.3. The lowest BCUT2D eigenvalue weighted by molar-refractivity contribution is -0.119. The van der Waals surface area contributed by atoms with E-state index in [1.807, 2.05) is 54.9 Å². The van der Waals surface area contributed by atoms with Gasteiger partial charge in [-0.05, 0) is 54.8 Å². The van der Waals surface area contributed by atoms with E-state index in [4.69, 9.17) is 0 Å². The second kappa shape index (κ2) is 9.93. The molecule has 0 aliphatic heterocycles. The number of aromatic nitrogens is 2. The second-order valence-corrected chi connectivity index (χ2v) is 9.78. The minimum absolute atomic E-state index is 0.133. The van der Waals surface area contributed by atoms with Crippen LogP contribution in [0.2, 0.25) is 0 Å². The summed E-state index contributed by atoms with van der Waals surface area (Å²) in [5.74, 6) is -0.402. The van der Waals surface area contributed by atoms with E-state index in [-0.39, 0.29) is 18.0 Å². The van der Waals surface area contributed by atoms with Gasteiger partial charge in [0.2, 0.25) is 5.91 Å². The third-order valence-electron chi connectivity index (χ3n) is 5.71. The van der Waals surface area contributed by atoms with Crippen molar-refractivity contribution >= 4 is 21.6 Å². The first-order valence-corrected chi connectivity index (χ1v) is 12.3. The zero-order chi connectivity index (χ0) is 24.1. The number of carbonyl (C=O) groups is 1. The number of carbonyl (C=O) groups excluding carboxylic acids is 1. The molecule has 3 aromatic carbocycles. The van der Waals surface area contributed by atoms with Gasteiger partial charge in [0, 0.05) is 18.9 Å². The highest BCUT2D eigenvalue weighted by Gasteiger charge is 2.28. The number of rotatable bonds is 8. The van der Waals surface area contributed by atoms with Crippen LogP contribution in [0.4, 0.5) is 5.69 Å². The van der Waals surface area contributed by atoms with Gasteiger partial charge in [-0.2, -0.15) is 0 Å². The molecule has 0 bridgehead atoms. The van der Waals surface area contributed by atoms with Crippen molar-refractivity contribution in [2.45, 2.75) is 25.3 Å². The number of para-hydroxylation sites is 1. The Morgan fingerprint density at radius 1 is 0.971 bits per heavy atom. The lowest BCUT2D eigenvalue weighted by Crippen LogP contribution is -2.41. The zero-order valence-electron chi connectivity index (χ0n) is 19.0. The average molecular weight is 475 g/mol. The second-order valence-electron chi connectivity index (χ2n) is 7.92. The highest BCUT2D eigenvalue weighted by atomic mass is 32.2. The van der Waals surface area contributed by atoms with Crippen LogP contribution in [0.25, 0.3) is 5.69 Å². The zero-order valence-corrected chi connectivity index (χ0v) is 19.9. The lowest BCUT2D eigenvalue weighted by Gasteiger charge is -2.26. The Morgan fingerprint density at radius 3 is 2.44 bits per heavy atom. The van der Waals surface area contributed by atoms with Gasteiger partial charge in [0.1, 0.15) is 6.54 Å². The highest BCUT2D eigenvalue weighted by Crippen LogP contribution is 2.28. The Morgan fingerprint density at radius 2 is 1.71 bits per heavy atom. The molecule has 1 aromatic heterocycles. The SMILES string of the molecule is Cc1cccc(N(CC(=O)NCc2ccccc2-n2ccnc2)S(=O)(=O)c2ccccc2)c1C. The van der Waals surface area contributed by atoms with E-state index in [2.05, 4.69) is 10.3 Å². The minimum Gasteiger partial charge on any atom is -0.350 e. The monoisotopic (exact) mass is 474 g/mol. The molecule has 0 radical (unpaired) electrons. The maximum absolute atomic E-state index is 13.6. The number of nitrogens with zero attached hydrogens (tertiary/aromatic N) is 3. The summed E-state index contributed by atoms with van der Waals surface area (Å²) >= 11 is 0. The molecule has 0 unspecified atom stereocenters. The van der Waals surface area contributed by atoms with Crippen molar-refractivity contribution in [3.8, 4) is 5.69 Å². The molecule has 34 heavy (non-hydrogen) atoms. The highest BCUT2D eigenvalue weighted by molar-refractivity contribution is 7.92. The number of hydrogen-bond donors (Lipinski definition) is 1. The van der Waals surface area contributed by atoms with Gasteiger partial charge in [0.25, 0.3) is 10.0 Å². The van der Waals surface area contributed by atoms with Gasteiger partial charge in [0.05, 0.1) is 22.6 Å². The van der Waals surface area contributed by atoms with Crippen LogP contribution in [0, 0.1) is 13.8 Å². The summed E-state index contributed by atoms with van der Waals surface area (Å²) in [7, 11) is -3.95. The molecular weight excluding hydrogens is 448 g/mol. The smallest absolute Gasteiger partial charge is 0.264 e. The Hall–Kier alpha value is -3.91. The van der Waals surface area contributed by atoms with Gasteiger partial charge in [-0.1, -0.05) is 48.5 Å². The summed E-state index contributed by atoms with van der Waals surface area (Å²) in [5.41, 5.74) is 4.01. The van der Waals surface area contributed by atoms with Crippen LogP contribution in [0.3, 0.4) is 0 Å². The molecule has 1 N–H and O–H groups in total. The number of sulfonamides is 1. The van der Waals surface area contributed by atoms with Crippen LogP contribution in [0.1, 0.15) is 16.7 Å². The first-order valence-electron chi connectivity index (χ1n) is 10.8. The van der Waals surface area contributed by atoms with Crippen molar-refractivity contribution in [2.24, 2.45) is 0 Å². The Balaban J connectivity index is 1.60. The molecule has 1 amide bonds. The minimum atomic E-state index is -3.95. The van der Waals surface area contributed by atoms with E-state index in [0.29, 0.717) is 5.69 Å². The molecule has 8 heteroatoms.